The minimum atomic E-state index is -4.52. The molecule has 1 aliphatic rings. The number of ether oxygens (including phenoxy) is 1. The molecule has 2 rings (SSSR count). The van der Waals surface area contributed by atoms with Gasteiger partial charge in [-0.3, -0.25) is 0 Å². The Labute approximate surface area is 108 Å². The van der Waals surface area contributed by atoms with Crippen molar-refractivity contribution in [1.82, 2.24) is 10.3 Å². The molecule has 2 heterocycles. The van der Waals surface area contributed by atoms with Crippen molar-refractivity contribution in [3.05, 3.63) is 23.9 Å². The third-order valence-corrected chi connectivity index (χ3v) is 3.04. The van der Waals surface area contributed by atoms with Gasteiger partial charge in [0.15, 0.2) is 0 Å². The van der Waals surface area contributed by atoms with Gasteiger partial charge in [0, 0.05) is 12.7 Å². The summed E-state index contributed by atoms with van der Waals surface area (Å²) in [5.41, 5.74) is -2.32. The standard InChI is InChI=1S/C12H12F3N3O/c13-12(14,15)11(4-2-5-17-8-11)19-10-9(7-16)3-1-6-18-10/h1,3,6,17H,2,4-5,8H2. The SMILES string of the molecule is N#Cc1cccnc1OC1(C(F)(F)F)CCCNC1. The highest BCUT2D eigenvalue weighted by Gasteiger charge is 2.58. The highest BCUT2D eigenvalue weighted by atomic mass is 19.4. The van der Waals surface area contributed by atoms with Crippen LogP contribution in [0.4, 0.5) is 13.2 Å². The third kappa shape index (κ3) is 2.63. The van der Waals surface area contributed by atoms with Crippen LogP contribution in [0, 0.1) is 11.3 Å². The number of hydrogen-bond donors (Lipinski definition) is 1. The van der Waals surface area contributed by atoms with Crippen LogP contribution in [0.1, 0.15) is 18.4 Å². The van der Waals surface area contributed by atoms with Crippen molar-refractivity contribution in [3.8, 4) is 11.9 Å². The summed E-state index contributed by atoms with van der Waals surface area (Å²) in [5, 5.41) is 11.6. The molecule has 1 aromatic heterocycles. The van der Waals surface area contributed by atoms with Gasteiger partial charge in [0.05, 0.1) is 0 Å². The number of alkyl halides is 3. The first kappa shape index (κ1) is 13.6. The molecule has 0 aromatic carbocycles. The van der Waals surface area contributed by atoms with Gasteiger partial charge in [0.25, 0.3) is 0 Å². The van der Waals surface area contributed by atoms with Crippen LogP contribution in [-0.2, 0) is 0 Å². The maximum absolute atomic E-state index is 13.2. The molecule has 0 aliphatic carbocycles. The molecule has 0 radical (unpaired) electrons. The van der Waals surface area contributed by atoms with Gasteiger partial charge in [-0.05, 0) is 31.5 Å². The summed E-state index contributed by atoms with van der Waals surface area (Å²) in [6, 6.07) is 4.63. The second-order valence-electron chi connectivity index (χ2n) is 4.34. The lowest BCUT2D eigenvalue weighted by atomic mass is 9.93. The molecule has 0 saturated carbocycles. The van der Waals surface area contributed by atoms with Crippen LogP contribution in [-0.4, -0.2) is 29.9 Å². The fraction of sp³-hybridized carbons (Fsp3) is 0.500. The van der Waals surface area contributed by atoms with Gasteiger partial charge in [-0.1, -0.05) is 0 Å². The average Bonchev–Trinajstić information content (AvgIpc) is 2.39. The largest absolute Gasteiger partial charge is 0.459 e. The molecule has 1 N–H and O–H groups in total. The normalized spacial score (nSPS) is 23.7. The maximum atomic E-state index is 13.2. The summed E-state index contributed by atoms with van der Waals surface area (Å²) < 4.78 is 44.8. The molecule has 1 saturated heterocycles. The molecule has 0 spiro atoms. The molecule has 19 heavy (non-hydrogen) atoms. The van der Waals surface area contributed by atoms with Gasteiger partial charge in [-0.25, -0.2) is 4.98 Å². The molecule has 0 amide bonds. The van der Waals surface area contributed by atoms with Crippen molar-refractivity contribution in [3.63, 3.8) is 0 Å². The van der Waals surface area contributed by atoms with E-state index in [-0.39, 0.29) is 24.4 Å². The van der Waals surface area contributed by atoms with Gasteiger partial charge in [0.1, 0.15) is 11.6 Å². The number of hydrogen-bond acceptors (Lipinski definition) is 4. The number of nitriles is 1. The molecule has 102 valence electrons. The van der Waals surface area contributed by atoms with Crippen molar-refractivity contribution in [2.45, 2.75) is 24.6 Å². The number of pyridine rings is 1. The van der Waals surface area contributed by atoms with E-state index in [0.717, 1.165) is 0 Å². The first-order valence-corrected chi connectivity index (χ1v) is 5.80. The quantitative estimate of drug-likeness (QED) is 0.894. The van der Waals surface area contributed by atoms with E-state index in [9.17, 15) is 13.2 Å². The lowest BCUT2D eigenvalue weighted by Gasteiger charge is -2.38. The summed E-state index contributed by atoms with van der Waals surface area (Å²) >= 11 is 0. The van der Waals surface area contributed by atoms with E-state index in [1.54, 1.807) is 6.07 Å². The summed E-state index contributed by atoms with van der Waals surface area (Å²) in [6.07, 6.45) is -3.01. The van der Waals surface area contributed by atoms with Crippen molar-refractivity contribution in [2.24, 2.45) is 0 Å². The van der Waals surface area contributed by atoms with Crippen molar-refractivity contribution >= 4 is 0 Å². The van der Waals surface area contributed by atoms with E-state index in [1.165, 1.54) is 18.3 Å². The Balaban J connectivity index is 2.34. The third-order valence-electron chi connectivity index (χ3n) is 3.04. The van der Waals surface area contributed by atoms with E-state index in [4.69, 9.17) is 10.00 Å². The van der Waals surface area contributed by atoms with Crippen LogP contribution in [0.3, 0.4) is 0 Å². The Morgan fingerprint density at radius 3 is 2.84 bits per heavy atom. The fourth-order valence-corrected chi connectivity index (χ4v) is 2.01. The van der Waals surface area contributed by atoms with E-state index >= 15 is 0 Å². The Hall–Kier alpha value is -1.81. The van der Waals surface area contributed by atoms with E-state index in [0.29, 0.717) is 13.0 Å². The zero-order chi connectivity index (χ0) is 13.9. The highest BCUT2D eigenvalue weighted by Crippen LogP contribution is 2.39. The molecule has 0 bridgehead atoms. The second kappa shape index (κ2) is 5.05. The van der Waals surface area contributed by atoms with Gasteiger partial charge < -0.3 is 10.1 Å². The summed E-state index contributed by atoms with van der Waals surface area (Å²) in [6.45, 7) is 0.187. The Bertz CT molecular complexity index is 490. The zero-order valence-corrected chi connectivity index (χ0v) is 10.00. The second-order valence-corrected chi connectivity index (χ2v) is 4.34. The molecular formula is C12H12F3N3O. The molecule has 1 atom stereocenters. The number of rotatable bonds is 2. The first-order chi connectivity index (χ1) is 8.98. The Morgan fingerprint density at radius 1 is 1.47 bits per heavy atom. The number of nitrogens with one attached hydrogen (secondary N) is 1. The molecule has 1 fully saturated rings. The van der Waals surface area contributed by atoms with Gasteiger partial charge in [-0.2, -0.15) is 18.4 Å². The smallest absolute Gasteiger partial charge is 0.429 e. The van der Waals surface area contributed by atoms with Crippen molar-refractivity contribution in [2.75, 3.05) is 13.1 Å². The minimum Gasteiger partial charge on any atom is -0.459 e. The Kier molecular flexibility index (Phi) is 3.62. The van der Waals surface area contributed by atoms with Crippen LogP contribution in [0.15, 0.2) is 18.3 Å². The minimum absolute atomic E-state index is 0.00306. The van der Waals surface area contributed by atoms with E-state index in [1.807, 2.05) is 0 Å². The molecule has 4 nitrogen and oxygen atoms in total. The maximum Gasteiger partial charge on any atom is 0.429 e. The Morgan fingerprint density at radius 2 is 2.26 bits per heavy atom. The molecule has 1 unspecified atom stereocenters. The van der Waals surface area contributed by atoms with Crippen LogP contribution < -0.4 is 10.1 Å². The summed E-state index contributed by atoms with van der Waals surface area (Å²) in [4.78, 5) is 3.73. The number of nitrogens with zero attached hydrogens (tertiary/aromatic N) is 2. The van der Waals surface area contributed by atoms with Gasteiger partial charge >= 0.3 is 6.18 Å². The van der Waals surface area contributed by atoms with Gasteiger partial charge in [-0.15, -0.1) is 0 Å². The van der Waals surface area contributed by atoms with Crippen molar-refractivity contribution < 1.29 is 17.9 Å². The molecule has 1 aromatic rings. The predicted molar refractivity (Wildman–Crippen MR) is 60.5 cm³/mol. The predicted octanol–water partition coefficient (Wildman–Crippen LogP) is 2.02. The van der Waals surface area contributed by atoms with Gasteiger partial charge in [0.2, 0.25) is 11.5 Å². The average molecular weight is 271 g/mol. The lowest BCUT2D eigenvalue weighted by Crippen LogP contribution is -2.59. The van der Waals surface area contributed by atoms with Crippen LogP contribution >= 0.6 is 0 Å². The van der Waals surface area contributed by atoms with Crippen molar-refractivity contribution in [1.29, 1.82) is 5.26 Å². The van der Waals surface area contributed by atoms with Crippen LogP contribution in [0.2, 0.25) is 0 Å². The highest BCUT2D eigenvalue weighted by molar-refractivity contribution is 5.37. The van der Waals surface area contributed by atoms with E-state index in [2.05, 4.69) is 10.3 Å². The number of piperidine rings is 1. The first-order valence-electron chi connectivity index (χ1n) is 5.80. The summed E-state index contributed by atoms with van der Waals surface area (Å²) in [5.74, 6) is -0.272. The number of halogens is 3. The topological polar surface area (TPSA) is 57.9 Å². The molecular weight excluding hydrogens is 259 g/mol. The van der Waals surface area contributed by atoms with Crippen LogP contribution in [0.5, 0.6) is 5.88 Å². The summed E-state index contributed by atoms with van der Waals surface area (Å²) in [7, 11) is 0. The lowest BCUT2D eigenvalue weighted by molar-refractivity contribution is -0.253. The molecule has 7 heteroatoms. The monoisotopic (exact) mass is 271 g/mol. The fourth-order valence-electron chi connectivity index (χ4n) is 2.01. The zero-order valence-electron chi connectivity index (χ0n) is 10.00. The number of aromatic nitrogens is 1. The molecule has 1 aliphatic heterocycles. The van der Waals surface area contributed by atoms with E-state index < -0.39 is 11.8 Å². The van der Waals surface area contributed by atoms with Crippen LogP contribution in [0.25, 0.3) is 0 Å².